The van der Waals surface area contributed by atoms with Gasteiger partial charge in [-0.1, -0.05) is 0 Å². The molecule has 1 rings (SSSR count). The average molecular weight is 352 g/mol. The van der Waals surface area contributed by atoms with Gasteiger partial charge in [-0.05, 0) is 6.07 Å². The van der Waals surface area contributed by atoms with E-state index in [1.165, 1.54) is 0 Å². The van der Waals surface area contributed by atoms with Crippen LogP contribution in [-0.4, -0.2) is 47.2 Å². The number of non-ortho nitro benzene ring substituents is 1. The number of benzene rings is 1. The molecule has 0 aromatic heterocycles. The fraction of sp³-hybridized carbons (Fsp3) is 0.400. The van der Waals surface area contributed by atoms with Crippen LogP contribution in [0.2, 0.25) is 0 Å². The Morgan fingerprint density at radius 1 is 1.22 bits per heavy atom. The van der Waals surface area contributed by atoms with Gasteiger partial charge < -0.3 is 9.84 Å². The van der Waals surface area contributed by atoms with Gasteiger partial charge in [-0.2, -0.15) is 8.42 Å². The fourth-order valence-corrected chi connectivity index (χ4v) is 2.03. The zero-order chi connectivity index (χ0) is 17.6. The Hall–Kier alpha value is -2.35. The number of hydrogen-bond acceptors (Lipinski definition) is 9. The van der Waals surface area contributed by atoms with Crippen LogP contribution in [0.5, 0.6) is 5.75 Å². The highest BCUT2D eigenvalue weighted by atomic mass is 32.3. The van der Waals surface area contributed by atoms with Crippen molar-refractivity contribution in [1.29, 1.82) is 0 Å². The summed E-state index contributed by atoms with van der Waals surface area (Å²) in [6.07, 6.45) is -1.52. The number of rotatable bonds is 9. The number of ether oxygens (including phenoxy) is 1. The van der Waals surface area contributed by atoms with Crippen molar-refractivity contribution < 1.29 is 36.8 Å². The van der Waals surface area contributed by atoms with Crippen LogP contribution < -0.4 is 4.74 Å². The van der Waals surface area contributed by atoms with Crippen molar-refractivity contribution in [3.05, 3.63) is 38.4 Å². The van der Waals surface area contributed by atoms with Crippen molar-refractivity contribution in [2.75, 3.05) is 13.2 Å². The summed E-state index contributed by atoms with van der Waals surface area (Å²) in [6.45, 7) is -1.05. The van der Waals surface area contributed by atoms with Gasteiger partial charge in [0.25, 0.3) is 5.69 Å². The van der Waals surface area contributed by atoms with E-state index in [0.717, 1.165) is 12.1 Å². The minimum atomic E-state index is -4.77. The molecule has 0 heterocycles. The molecule has 12 nitrogen and oxygen atoms in total. The molecular formula is C10H12N2O10S. The van der Waals surface area contributed by atoms with Crippen LogP contribution in [0.4, 0.5) is 11.4 Å². The summed E-state index contributed by atoms with van der Waals surface area (Å²) >= 11 is 0. The molecule has 1 aromatic rings. The molecule has 2 N–H and O–H groups in total. The molecule has 0 aliphatic carbocycles. The van der Waals surface area contributed by atoms with Crippen LogP contribution in [-0.2, 0) is 14.6 Å². The Morgan fingerprint density at radius 3 is 2.35 bits per heavy atom. The summed E-state index contributed by atoms with van der Waals surface area (Å²) < 4.78 is 38.7. The second-order valence-corrected chi connectivity index (χ2v) is 5.18. The van der Waals surface area contributed by atoms with E-state index in [2.05, 4.69) is 4.18 Å². The molecule has 1 atom stereocenters. The van der Waals surface area contributed by atoms with E-state index in [-0.39, 0.29) is 18.8 Å². The first-order valence-corrected chi connectivity index (χ1v) is 7.32. The number of nitrogens with zero attached hydrogens (tertiary/aromatic N) is 2. The zero-order valence-electron chi connectivity index (χ0n) is 11.4. The van der Waals surface area contributed by atoms with Crippen LogP contribution in [0.3, 0.4) is 0 Å². The maximum absolute atomic E-state index is 10.9. The minimum Gasteiger partial charge on any atom is -0.487 e. The smallest absolute Gasteiger partial charge is 0.397 e. The van der Waals surface area contributed by atoms with Crippen molar-refractivity contribution in [2.24, 2.45) is 0 Å². The van der Waals surface area contributed by atoms with Crippen molar-refractivity contribution in [3.8, 4) is 5.75 Å². The predicted octanol–water partition coefficient (Wildman–Crippen LogP) is 0.452. The third kappa shape index (κ3) is 6.11. The van der Waals surface area contributed by atoms with Gasteiger partial charge in [0.2, 0.25) is 0 Å². The molecule has 0 spiro atoms. The third-order valence-corrected chi connectivity index (χ3v) is 3.02. The van der Waals surface area contributed by atoms with Crippen molar-refractivity contribution in [3.63, 3.8) is 0 Å². The lowest BCUT2D eigenvalue weighted by atomic mass is 10.2. The molecule has 1 unspecified atom stereocenters. The maximum Gasteiger partial charge on any atom is 0.397 e. The van der Waals surface area contributed by atoms with E-state index in [0.29, 0.717) is 6.07 Å². The Kier molecular flexibility index (Phi) is 6.32. The quantitative estimate of drug-likeness (QED) is 0.360. The molecule has 0 radical (unpaired) electrons. The van der Waals surface area contributed by atoms with E-state index < -0.39 is 44.3 Å². The van der Waals surface area contributed by atoms with Crippen molar-refractivity contribution >= 4 is 21.8 Å². The molecule has 0 saturated heterocycles. The monoisotopic (exact) mass is 352 g/mol. The molecule has 0 fully saturated rings. The van der Waals surface area contributed by atoms with Gasteiger partial charge in [0, 0.05) is 12.5 Å². The Morgan fingerprint density at radius 2 is 1.87 bits per heavy atom. The molecule has 13 heteroatoms. The highest BCUT2D eigenvalue weighted by molar-refractivity contribution is 7.80. The van der Waals surface area contributed by atoms with E-state index >= 15 is 0 Å². The highest BCUT2D eigenvalue weighted by Crippen LogP contribution is 2.31. The third-order valence-electron chi connectivity index (χ3n) is 2.51. The van der Waals surface area contributed by atoms with Crippen LogP contribution >= 0.6 is 0 Å². The number of nitro benzene ring substituents is 2. The second-order valence-electron chi connectivity index (χ2n) is 4.13. The normalized spacial score (nSPS) is 12.6. The lowest BCUT2D eigenvalue weighted by Crippen LogP contribution is -2.24. The summed E-state index contributed by atoms with van der Waals surface area (Å²) in [5.41, 5.74) is -1.14. The van der Waals surface area contributed by atoms with E-state index in [4.69, 9.17) is 14.4 Å². The lowest BCUT2D eigenvalue weighted by molar-refractivity contribution is -0.394. The van der Waals surface area contributed by atoms with Crippen LogP contribution in [0.25, 0.3) is 0 Å². The molecule has 0 aliphatic rings. The molecule has 0 amide bonds. The van der Waals surface area contributed by atoms with Gasteiger partial charge in [0.1, 0.15) is 6.10 Å². The summed E-state index contributed by atoms with van der Waals surface area (Å²) in [7, 11) is -4.77. The number of hydrogen-bond donors (Lipinski definition) is 2. The molecule has 128 valence electrons. The lowest BCUT2D eigenvalue weighted by Gasteiger charge is -2.13. The molecule has 1 aromatic carbocycles. The fourth-order valence-electron chi connectivity index (χ4n) is 1.53. The van der Waals surface area contributed by atoms with Crippen molar-refractivity contribution in [2.45, 2.75) is 12.5 Å². The predicted molar refractivity (Wildman–Crippen MR) is 73.4 cm³/mol. The molecule has 0 bridgehead atoms. The summed E-state index contributed by atoms with van der Waals surface area (Å²) in [5, 5.41) is 30.3. The van der Waals surface area contributed by atoms with Crippen LogP contribution in [0.15, 0.2) is 18.2 Å². The topological polar surface area (TPSA) is 179 Å². The van der Waals surface area contributed by atoms with Gasteiger partial charge in [0.15, 0.2) is 5.75 Å². The standard InChI is InChI=1S/C10H12N2O10S/c13-6-8(22-23(18,19)20)3-4-21-10-2-1-7(11(14)15)5-9(10)12(16)17/h1-2,5,8,13H,3-4,6H2,(H,18,19,20). The number of aliphatic hydroxyl groups is 1. The SMILES string of the molecule is O=[N+]([O-])c1ccc(OCCC(CO)OS(=O)(=O)O)c([N+](=O)[O-])c1. The first kappa shape index (κ1) is 18.7. The van der Waals surface area contributed by atoms with Gasteiger partial charge >= 0.3 is 16.1 Å². The van der Waals surface area contributed by atoms with Gasteiger partial charge in [-0.3, -0.25) is 24.8 Å². The number of aliphatic hydroxyl groups excluding tert-OH is 1. The van der Waals surface area contributed by atoms with Crippen LogP contribution in [0, 0.1) is 20.2 Å². The second kappa shape index (κ2) is 7.77. The largest absolute Gasteiger partial charge is 0.487 e. The molecule has 0 saturated carbocycles. The van der Waals surface area contributed by atoms with Gasteiger partial charge in [0.05, 0.1) is 29.1 Å². The first-order chi connectivity index (χ1) is 10.6. The first-order valence-electron chi connectivity index (χ1n) is 5.96. The zero-order valence-corrected chi connectivity index (χ0v) is 12.2. The maximum atomic E-state index is 10.9. The van der Waals surface area contributed by atoms with Gasteiger partial charge in [-0.25, -0.2) is 4.18 Å². The van der Waals surface area contributed by atoms with E-state index in [1.807, 2.05) is 0 Å². The number of nitro groups is 2. The Bertz CT molecular complexity index is 689. The Labute approximate surface area is 129 Å². The molecular weight excluding hydrogens is 340 g/mol. The average Bonchev–Trinajstić information content (AvgIpc) is 2.44. The summed E-state index contributed by atoms with van der Waals surface area (Å²) in [4.78, 5) is 19.8. The highest BCUT2D eigenvalue weighted by Gasteiger charge is 2.22. The Balaban J connectivity index is 2.77. The van der Waals surface area contributed by atoms with E-state index in [9.17, 15) is 28.6 Å². The molecule has 23 heavy (non-hydrogen) atoms. The minimum absolute atomic E-state index is 0.218. The van der Waals surface area contributed by atoms with Crippen LogP contribution in [0.1, 0.15) is 6.42 Å². The van der Waals surface area contributed by atoms with Gasteiger partial charge in [-0.15, -0.1) is 0 Å². The van der Waals surface area contributed by atoms with Crippen molar-refractivity contribution in [1.82, 2.24) is 0 Å². The van der Waals surface area contributed by atoms with E-state index in [1.54, 1.807) is 0 Å². The molecule has 0 aliphatic heterocycles. The summed E-state index contributed by atoms with van der Waals surface area (Å²) in [5.74, 6) is -0.274. The summed E-state index contributed by atoms with van der Waals surface area (Å²) in [6, 6.07) is 2.74.